The highest BCUT2D eigenvalue weighted by Gasteiger charge is 2.15. The van der Waals surface area contributed by atoms with Crippen LogP contribution >= 0.6 is 12.4 Å². The van der Waals surface area contributed by atoms with Crippen molar-refractivity contribution in [3.8, 4) is 0 Å². The van der Waals surface area contributed by atoms with Gasteiger partial charge in [-0.05, 0) is 51.5 Å². The summed E-state index contributed by atoms with van der Waals surface area (Å²) in [6, 6.07) is 1.78. The van der Waals surface area contributed by atoms with Crippen LogP contribution < -0.4 is 5.73 Å². The standard InChI is InChI=1S/C29H63NOSi.ClH/c1-6-9-11-13-14-15-17-19-23-28(30)25-24-27(21-18-16-12-10-7-2)22-20-26-32-31-29(4,5)8-3;/h27-28H,6-26,30,32H2,1-5H3;1H. The van der Waals surface area contributed by atoms with Crippen molar-refractivity contribution in [2.45, 2.75) is 181 Å². The fourth-order valence-electron chi connectivity index (χ4n) is 4.59. The molecule has 0 aromatic rings. The van der Waals surface area contributed by atoms with Crippen LogP contribution in [0.3, 0.4) is 0 Å². The molecule has 2 unspecified atom stereocenters. The minimum absolute atomic E-state index is 0. The van der Waals surface area contributed by atoms with Gasteiger partial charge in [0.1, 0.15) is 0 Å². The summed E-state index contributed by atoms with van der Waals surface area (Å²) >= 11 is 0. The molecule has 0 radical (unpaired) electrons. The molecule has 0 aliphatic heterocycles. The largest absolute Gasteiger partial charge is 0.419 e. The van der Waals surface area contributed by atoms with Gasteiger partial charge in [0, 0.05) is 11.6 Å². The summed E-state index contributed by atoms with van der Waals surface area (Å²) in [5.41, 5.74) is 6.63. The fourth-order valence-corrected chi connectivity index (χ4v) is 5.98. The average Bonchev–Trinajstić information content (AvgIpc) is 2.78. The first-order valence-electron chi connectivity index (χ1n) is 14.8. The highest BCUT2D eigenvalue weighted by Crippen LogP contribution is 2.24. The van der Waals surface area contributed by atoms with E-state index in [1.807, 2.05) is 0 Å². The summed E-state index contributed by atoms with van der Waals surface area (Å²) in [7, 11) is -0.355. The lowest BCUT2D eigenvalue weighted by atomic mass is 9.89. The van der Waals surface area contributed by atoms with Gasteiger partial charge in [0.15, 0.2) is 9.76 Å². The van der Waals surface area contributed by atoms with Gasteiger partial charge in [-0.25, -0.2) is 0 Å². The quantitative estimate of drug-likeness (QED) is 0.0989. The van der Waals surface area contributed by atoms with Gasteiger partial charge in [-0.2, -0.15) is 0 Å². The SMILES string of the molecule is CCCCCCCCCCC(N)CCC(CCCCCCC)CCC[SiH2]OC(C)(C)CC.Cl. The Morgan fingerprint density at radius 3 is 1.67 bits per heavy atom. The zero-order chi connectivity index (χ0) is 23.9. The molecule has 0 aliphatic carbocycles. The van der Waals surface area contributed by atoms with Crippen LogP contribution in [0.1, 0.15) is 163 Å². The number of rotatable bonds is 25. The maximum atomic E-state index is 6.52. The third kappa shape index (κ3) is 25.3. The molecule has 4 heteroatoms. The Kier molecular flexibility index (Phi) is 27.5. The Morgan fingerprint density at radius 2 is 1.12 bits per heavy atom. The highest BCUT2D eigenvalue weighted by molar-refractivity contribution is 6.27. The van der Waals surface area contributed by atoms with E-state index >= 15 is 0 Å². The van der Waals surface area contributed by atoms with Crippen LogP contribution in [0.5, 0.6) is 0 Å². The molecule has 0 fully saturated rings. The van der Waals surface area contributed by atoms with Gasteiger partial charge in [-0.3, -0.25) is 0 Å². The zero-order valence-electron chi connectivity index (χ0n) is 23.6. The molecule has 0 saturated heterocycles. The van der Waals surface area contributed by atoms with Gasteiger partial charge in [-0.1, -0.05) is 124 Å². The molecule has 2 N–H and O–H groups in total. The number of hydrogen-bond acceptors (Lipinski definition) is 2. The molecule has 0 amide bonds. The second-order valence-electron chi connectivity index (χ2n) is 11.1. The van der Waals surface area contributed by atoms with Gasteiger partial charge in [0.2, 0.25) is 0 Å². The normalized spacial score (nSPS) is 14.0. The van der Waals surface area contributed by atoms with Crippen molar-refractivity contribution < 1.29 is 4.43 Å². The summed E-state index contributed by atoms with van der Waals surface area (Å²) in [6.07, 6.45) is 27.4. The van der Waals surface area contributed by atoms with Crippen LogP contribution in [0.25, 0.3) is 0 Å². The third-order valence-electron chi connectivity index (χ3n) is 7.44. The Labute approximate surface area is 218 Å². The first-order valence-corrected chi connectivity index (χ1v) is 16.4. The van der Waals surface area contributed by atoms with E-state index in [2.05, 4.69) is 34.6 Å². The minimum atomic E-state index is -0.355. The summed E-state index contributed by atoms with van der Waals surface area (Å²) in [5.74, 6) is 0.898. The molecule has 0 aromatic heterocycles. The van der Waals surface area contributed by atoms with E-state index in [0.29, 0.717) is 6.04 Å². The molecule has 0 heterocycles. The van der Waals surface area contributed by atoms with E-state index in [1.165, 1.54) is 128 Å². The molecular weight excluding hydrogens is 442 g/mol. The lowest BCUT2D eigenvalue weighted by molar-refractivity contribution is 0.111. The van der Waals surface area contributed by atoms with E-state index in [9.17, 15) is 0 Å². The van der Waals surface area contributed by atoms with Crippen molar-refractivity contribution in [3.63, 3.8) is 0 Å². The van der Waals surface area contributed by atoms with Crippen LogP contribution in [0.2, 0.25) is 6.04 Å². The molecule has 202 valence electrons. The van der Waals surface area contributed by atoms with Crippen molar-refractivity contribution in [3.05, 3.63) is 0 Å². The van der Waals surface area contributed by atoms with Crippen molar-refractivity contribution in [1.82, 2.24) is 0 Å². The van der Waals surface area contributed by atoms with Crippen molar-refractivity contribution >= 4 is 22.2 Å². The van der Waals surface area contributed by atoms with Gasteiger partial charge < -0.3 is 10.2 Å². The van der Waals surface area contributed by atoms with E-state index in [4.69, 9.17) is 10.2 Å². The molecule has 0 aromatic carbocycles. The molecule has 0 saturated carbocycles. The van der Waals surface area contributed by atoms with E-state index in [-0.39, 0.29) is 27.8 Å². The van der Waals surface area contributed by atoms with E-state index in [0.717, 1.165) is 12.3 Å². The molecule has 0 spiro atoms. The van der Waals surface area contributed by atoms with Crippen molar-refractivity contribution in [2.75, 3.05) is 0 Å². The maximum Gasteiger partial charge on any atom is 0.162 e. The fraction of sp³-hybridized carbons (Fsp3) is 1.00. The topological polar surface area (TPSA) is 35.2 Å². The molecule has 2 atom stereocenters. The number of unbranched alkanes of at least 4 members (excludes halogenated alkanes) is 11. The van der Waals surface area contributed by atoms with Crippen LogP contribution in [-0.2, 0) is 4.43 Å². The van der Waals surface area contributed by atoms with Crippen LogP contribution in [0.4, 0.5) is 0 Å². The Balaban J connectivity index is 0. The van der Waals surface area contributed by atoms with E-state index < -0.39 is 0 Å². The Bertz CT molecular complexity index is 381. The van der Waals surface area contributed by atoms with Gasteiger partial charge in [0.25, 0.3) is 0 Å². The first kappa shape index (κ1) is 35.6. The van der Waals surface area contributed by atoms with Crippen molar-refractivity contribution in [1.29, 1.82) is 0 Å². The summed E-state index contributed by atoms with van der Waals surface area (Å²) in [5, 5.41) is 0. The second kappa shape index (κ2) is 25.5. The first-order chi connectivity index (χ1) is 15.4. The van der Waals surface area contributed by atoms with Gasteiger partial charge in [0.05, 0.1) is 0 Å². The number of hydrogen-bond donors (Lipinski definition) is 1. The number of halogens is 1. The molecule has 0 bridgehead atoms. The molecular formula is C29H64ClNOSi. The monoisotopic (exact) mass is 505 g/mol. The second-order valence-corrected chi connectivity index (χ2v) is 12.5. The summed E-state index contributed by atoms with van der Waals surface area (Å²) in [6.45, 7) is 11.3. The summed E-state index contributed by atoms with van der Waals surface area (Å²) < 4.78 is 6.19. The van der Waals surface area contributed by atoms with Gasteiger partial charge in [-0.15, -0.1) is 12.4 Å². The molecule has 33 heavy (non-hydrogen) atoms. The summed E-state index contributed by atoms with van der Waals surface area (Å²) in [4.78, 5) is 0. The van der Waals surface area contributed by atoms with Crippen molar-refractivity contribution in [2.24, 2.45) is 11.7 Å². The lowest BCUT2D eigenvalue weighted by Crippen LogP contribution is -2.25. The Morgan fingerprint density at radius 1 is 0.636 bits per heavy atom. The zero-order valence-corrected chi connectivity index (χ0v) is 25.8. The minimum Gasteiger partial charge on any atom is -0.419 e. The van der Waals surface area contributed by atoms with Gasteiger partial charge >= 0.3 is 0 Å². The van der Waals surface area contributed by atoms with Crippen LogP contribution in [0.15, 0.2) is 0 Å². The lowest BCUT2D eigenvalue weighted by Gasteiger charge is -2.24. The highest BCUT2D eigenvalue weighted by atomic mass is 35.5. The number of nitrogens with two attached hydrogens (primary N) is 1. The molecule has 0 rings (SSSR count). The predicted octanol–water partition coefficient (Wildman–Crippen LogP) is 9.51. The maximum absolute atomic E-state index is 6.52. The van der Waals surface area contributed by atoms with Crippen LogP contribution in [-0.4, -0.2) is 21.4 Å². The smallest absolute Gasteiger partial charge is 0.162 e. The Hall–Kier alpha value is 0.427. The molecule has 2 nitrogen and oxygen atoms in total. The third-order valence-corrected chi connectivity index (χ3v) is 9.22. The predicted molar refractivity (Wildman–Crippen MR) is 157 cm³/mol. The molecule has 0 aliphatic rings. The average molecular weight is 506 g/mol. The van der Waals surface area contributed by atoms with Crippen LogP contribution in [0, 0.1) is 5.92 Å². The van der Waals surface area contributed by atoms with E-state index in [1.54, 1.807) is 0 Å².